The summed E-state index contributed by atoms with van der Waals surface area (Å²) in [6.45, 7) is 4.24. The Labute approximate surface area is 156 Å². The van der Waals surface area contributed by atoms with E-state index >= 15 is 0 Å². The Hall–Kier alpha value is -2.55. The van der Waals surface area contributed by atoms with E-state index in [1.165, 1.54) is 4.90 Å². The summed E-state index contributed by atoms with van der Waals surface area (Å²) in [6, 6.07) is 8.64. The van der Waals surface area contributed by atoms with Gasteiger partial charge in [-0.3, -0.25) is 0 Å². The predicted molar refractivity (Wildman–Crippen MR) is 98.7 cm³/mol. The van der Waals surface area contributed by atoms with E-state index in [1.807, 2.05) is 12.1 Å². The van der Waals surface area contributed by atoms with Gasteiger partial charge in [0.15, 0.2) is 5.69 Å². The molecule has 1 N–H and O–H groups in total. The van der Waals surface area contributed by atoms with Crippen molar-refractivity contribution < 1.29 is 17.9 Å². The zero-order valence-corrected chi connectivity index (χ0v) is 15.4. The zero-order valence-electron chi connectivity index (χ0n) is 15.4. The third-order valence-electron chi connectivity index (χ3n) is 4.28. The van der Waals surface area contributed by atoms with Crippen LogP contribution in [0.5, 0.6) is 0 Å². The number of nitrogens with one attached hydrogen (secondary N) is 1. The van der Waals surface area contributed by atoms with Crippen molar-refractivity contribution in [2.24, 2.45) is 0 Å². The van der Waals surface area contributed by atoms with Gasteiger partial charge in [0, 0.05) is 44.1 Å². The summed E-state index contributed by atoms with van der Waals surface area (Å²) in [5.41, 5.74) is 0.668. The summed E-state index contributed by atoms with van der Waals surface area (Å²) in [5, 5.41) is 2.86. The molecule has 1 saturated heterocycles. The highest BCUT2D eigenvalue weighted by Gasteiger charge is 2.34. The number of alkyl halides is 3. The molecule has 2 heterocycles. The molecule has 1 aliphatic rings. The van der Waals surface area contributed by atoms with Crippen LogP contribution in [0, 0.1) is 0 Å². The van der Waals surface area contributed by atoms with Crippen LogP contribution in [0.4, 0.5) is 36.3 Å². The molecule has 2 aromatic rings. The van der Waals surface area contributed by atoms with Crippen LogP contribution >= 0.6 is 0 Å². The quantitative estimate of drug-likeness (QED) is 0.875. The first kappa shape index (κ1) is 19.2. The normalized spacial score (nSPS) is 17.7. The predicted octanol–water partition coefficient (Wildman–Crippen LogP) is 3.53. The average molecular weight is 381 g/mol. The Balaban J connectivity index is 1.81. The summed E-state index contributed by atoms with van der Waals surface area (Å²) < 4.78 is 44.7. The van der Waals surface area contributed by atoms with Crippen LogP contribution in [0.15, 0.2) is 30.3 Å². The maximum absolute atomic E-state index is 13.1. The lowest BCUT2D eigenvalue weighted by Gasteiger charge is -2.35. The first-order chi connectivity index (χ1) is 12.7. The minimum Gasteiger partial charge on any atom is -0.377 e. The molecular formula is C18H22F3N5O. The maximum Gasteiger partial charge on any atom is 0.433 e. The van der Waals surface area contributed by atoms with Gasteiger partial charge in [0.25, 0.3) is 0 Å². The van der Waals surface area contributed by atoms with E-state index in [9.17, 15) is 13.2 Å². The molecule has 0 bridgehead atoms. The van der Waals surface area contributed by atoms with Crippen LogP contribution < -0.4 is 15.1 Å². The van der Waals surface area contributed by atoms with E-state index in [0.29, 0.717) is 18.9 Å². The molecule has 1 aliphatic heterocycles. The second-order valence-electron chi connectivity index (χ2n) is 6.62. The molecule has 1 fully saturated rings. The topological polar surface area (TPSA) is 53.5 Å². The fourth-order valence-corrected chi connectivity index (χ4v) is 2.84. The van der Waals surface area contributed by atoms with Gasteiger partial charge in [-0.15, -0.1) is 0 Å². The van der Waals surface area contributed by atoms with Gasteiger partial charge in [-0.2, -0.15) is 18.2 Å². The maximum atomic E-state index is 13.1. The van der Waals surface area contributed by atoms with Crippen molar-refractivity contribution in [1.82, 2.24) is 9.97 Å². The van der Waals surface area contributed by atoms with Gasteiger partial charge in [0.2, 0.25) is 5.95 Å². The van der Waals surface area contributed by atoms with Gasteiger partial charge in [0.05, 0.1) is 13.2 Å². The monoisotopic (exact) mass is 381 g/mol. The molecule has 1 aromatic carbocycles. The van der Waals surface area contributed by atoms with E-state index in [1.54, 1.807) is 26.2 Å². The van der Waals surface area contributed by atoms with Crippen LogP contribution in [-0.4, -0.2) is 49.9 Å². The Bertz CT molecular complexity index is 780. The van der Waals surface area contributed by atoms with Gasteiger partial charge >= 0.3 is 6.18 Å². The highest BCUT2D eigenvalue weighted by molar-refractivity contribution is 5.60. The fraction of sp³-hybridized carbons (Fsp3) is 0.444. The van der Waals surface area contributed by atoms with Crippen molar-refractivity contribution in [3.63, 3.8) is 0 Å². The lowest BCUT2D eigenvalue weighted by molar-refractivity contribution is -0.141. The number of halogens is 3. The van der Waals surface area contributed by atoms with Gasteiger partial charge < -0.3 is 19.9 Å². The summed E-state index contributed by atoms with van der Waals surface area (Å²) in [6.07, 6.45) is -4.54. The molecule has 146 valence electrons. The number of rotatable bonds is 4. The first-order valence-electron chi connectivity index (χ1n) is 8.59. The molecular weight excluding hydrogens is 359 g/mol. The Morgan fingerprint density at radius 2 is 1.89 bits per heavy atom. The number of benzene rings is 1. The van der Waals surface area contributed by atoms with Gasteiger partial charge in [0.1, 0.15) is 5.82 Å². The van der Waals surface area contributed by atoms with E-state index in [2.05, 4.69) is 27.1 Å². The van der Waals surface area contributed by atoms with Crippen molar-refractivity contribution in [3.8, 4) is 0 Å². The minimum atomic E-state index is -4.54. The van der Waals surface area contributed by atoms with Crippen molar-refractivity contribution in [1.29, 1.82) is 0 Å². The van der Waals surface area contributed by atoms with Crippen LogP contribution in [0.1, 0.15) is 12.6 Å². The number of aromatic nitrogens is 2. The Morgan fingerprint density at radius 1 is 1.19 bits per heavy atom. The number of anilines is 4. The number of nitrogens with zero attached hydrogens (tertiary/aromatic N) is 4. The third-order valence-corrected chi connectivity index (χ3v) is 4.28. The Morgan fingerprint density at radius 3 is 2.48 bits per heavy atom. The van der Waals surface area contributed by atoms with Crippen molar-refractivity contribution in [2.45, 2.75) is 19.1 Å². The fourth-order valence-electron chi connectivity index (χ4n) is 2.84. The lowest BCUT2D eigenvalue weighted by Crippen LogP contribution is -2.43. The van der Waals surface area contributed by atoms with E-state index in [-0.39, 0.29) is 17.8 Å². The molecule has 9 heteroatoms. The summed E-state index contributed by atoms with van der Waals surface area (Å²) in [4.78, 5) is 11.5. The van der Waals surface area contributed by atoms with E-state index in [4.69, 9.17) is 4.74 Å². The standard InChI is InChI=1S/C18H22F3N5O/c1-12-11-27-9-8-26(12)14-6-4-13(5-7-14)22-17-23-15(18(19,20)21)10-16(24-17)25(2)3/h4-7,10,12H,8-9,11H2,1-3H3,(H,22,23,24). The summed E-state index contributed by atoms with van der Waals surface area (Å²) >= 11 is 0. The Kier molecular flexibility index (Phi) is 5.41. The second-order valence-corrected chi connectivity index (χ2v) is 6.62. The highest BCUT2D eigenvalue weighted by Crippen LogP contribution is 2.31. The van der Waals surface area contributed by atoms with Gasteiger partial charge in [-0.25, -0.2) is 4.98 Å². The van der Waals surface area contributed by atoms with Crippen molar-refractivity contribution in [2.75, 3.05) is 49.0 Å². The van der Waals surface area contributed by atoms with E-state index in [0.717, 1.165) is 18.3 Å². The smallest absolute Gasteiger partial charge is 0.377 e. The second kappa shape index (κ2) is 7.59. The van der Waals surface area contributed by atoms with Gasteiger partial charge in [-0.1, -0.05) is 0 Å². The van der Waals surface area contributed by atoms with Crippen molar-refractivity contribution in [3.05, 3.63) is 36.0 Å². The molecule has 0 aliphatic carbocycles. The highest BCUT2D eigenvalue weighted by atomic mass is 19.4. The molecule has 1 unspecified atom stereocenters. The molecule has 1 aromatic heterocycles. The van der Waals surface area contributed by atoms with Crippen LogP contribution in [0.25, 0.3) is 0 Å². The number of hydrogen-bond donors (Lipinski definition) is 1. The van der Waals surface area contributed by atoms with Crippen LogP contribution in [0.2, 0.25) is 0 Å². The number of morpholine rings is 1. The third kappa shape index (κ3) is 4.60. The molecule has 0 saturated carbocycles. The summed E-state index contributed by atoms with van der Waals surface area (Å²) in [7, 11) is 3.26. The zero-order chi connectivity index (χ0) is 19.6. The lowest BCUT2D eigenvalue weighted by atomic mass is 10.2. The molecule has 0 radical (unpaired) electrons. The molecule has 0 spiro atoms. The summed E-state index contributed by atoms with van der Waals surface area (Å²) in [5.74, 6) is 0.0830. The van der Waals surface area contributed by atoms with Crippen molar-refractivity contribution >= 4 is 23.1 Å². The number of hydrogen-bond acceptors (Lipinski definition) is 6. The SMILES string of the molecule is CC1COCCN1c1ccc(Nc2nc(N(C)C)cc(C(F)(F)F)n2)cc1. The van der Waals surface area contributed by atoms with Crippen LogP contribution in [-0.2, 0) is 10.9 Å². The van der Waals surface area contributed by atoms with Gasteiger partial charge in [-0.05, 0) is 31.2 Å². The molecule has 27 heavy (non-hydrogen) atoms. The average Bonchev–Trinajstić information content (AvgIpc) is 2.62. The number of ether oxygens (including phenoxy) is 1. The molecule has 1 atom stereocenters. The van der Waals surface area contributed by atoms with E-state index < -0.39 is 11.9 Å². The minimum absolute atomic E-state index is 0.0963. The van der Waals surface area contributed by atoms with Crippen LogP contribution in [0.3, 0.4) is 0 Å². The molecule has 6 nitrogen and oxygen atoms in total. The molecule has 0 amide bonds. The largest absolute Gasteiger partial charge is 0.433 e. The first-order valence-corrected chi connectivity index (χ1v) is 8.59. The molecule has 3 rings (SSSR count).